The third-order valence-electron chi connectivity index (χ3n) is 3.87. The molecule has 0 radical (unpaired) electrons. The number of nitrogens with two attached hydrogens (primary N) is 1. The van der Waals surface area contributed by atoms with Crippen LogP contribution in [0.3, 0.4) is 0 Å². The van der Waals surface area contributed by atoms with Gasteiger partial charge in [-0.3, -0.25) is 0 Å². The van der Waals surface area contributed by atoms with E-state index in [-0.39, 0.29) is 0 Å². The van der Waals surface area contributed by atoms with E-state index in [1.54, 1.807) is 6.33 Å². The maximum Gasteiger partial charge on any atom is 0.148 e. The molecule has 3 N–H and O–H groups in total. The molecule has 0 spiro atoms. The molecule has 1 aromatic heterocycles. The molecule has 5 heteroatoms. The Bertz CT molecular complexity index is 726. The first-order chi connectivity index (χ1) is 10.3. The van der Waals surface area contributed by atoms with Crippen LogP contribution in [0.1, 0.15) is 25.0 Å². The highest BCUT2D eigenvalue weighted by atomic mass is 32.2. The first-order valence-corrected chi connectivity index (χ1v) is 8.04. The first kappa shape index (κ1) is 12.7. The van der Waals surface area contributed by atoms with E-state index < -0.39 is 0 Å². The molecule has 0 saturated carbocycles. The number of rotatable bonds is 2. The highest BCUT2D eigenvalue weighted by Crippen LogP contribution is 2.50. The average molecular weight is 296 g/mol. The molecule has 21 heavy (non-hydrogen) atoms. The minimum atomic E-state index is 0.548. The smallest absolute Gasteiger partial charge is 0.148 e. The molecule has 1 atom stereocenters. The van der Waals surface area contributed by atoms with Crippen LogP contribution in [-0.2, 0) is 0 Å². The average Bonchev–Trinajstić information content (AvgIpc) is 2.87. The Morgan fingerprint density at radius 1 is 1.29 bits per heavy atom. The number of benzene rings is 1. The molecule has 1 aliphatic carbocycles. The predicted molar refractivity (Wildman–Crippen MR) is 87.6 cm³/mol. The van der Waals surface area contributed by atoms with E-state index >= 15 is 0 Å². The third-order valence-corrected chi connectivity index (χ3v) is 5.26. The monoisotopic (exact) mass is 296 g/mol. The summed E-state index contributed by atoms with van der Waals surface area (Å²) in [5, 5.41) is 3.92. The Kier molecular flexibility index (Phi) is 3.07. The first-order valence-electron chi connectivity index (χ1n) is 7.16. The lowest BCUT2D eigenvalue weighted by molar-refractivity contribution is 0.754. The summed E-state index contributed by atoms with van der Waals surface area (Å²) in [6.45, 7) is 0. The summed E-state index contributed by atoms with van der Waals surface area (Å²) in [4.78, 5) is 10.1. The zero-order valence-corrected chi connectivity index (χ0v) is 12.4. The fourth-order valence-corrected chi connectivity index (χ4v) is 4.30. The number of nitrogen functional groups attached to an aromatic ring is 1. The summed E-state index contributed by atoms with van der Waals surface area (Å²) in [5.41, 5.74) is 10.0. The Hall–Kier alpha value is -2.01. The minimum absolute atomic E-state index is 0.548. The van der Waals surface area contributed by atoms with Crippen LogP contribution in [0.15, 0.2) is 41.6 Å². The van der Waals surface area contributed by atoms with Crippen LogP contribution in [0.2, 0.25) is 0 Å². The summed E-state index contributed by atoms with van der Waals surface area (Å²) >= 11 is 1.88. The van der Waals surface area contributed by atoms with Crippen molar-refractivity contribution in [3.05, 3.63) is 42.4 Å². The summed E-state index contributed by atoms with van der Waals surface area (Å²) in [5.74, 6) is 0.880. The Morgan fingerprint density at radius 3 is 3.14 bits per heavy atom. The highest BCUT2D eigenvalue weighted by Gasteiger charge is 2.32. The molecule has 1 unspecified atom stereocenters. The Balaban J connectivity index is 1.71. The molecular weight excluding hydrogens is 280 g/mol. The quantitative estimate of drug-likeness (QED) is 0.824. The number of thioether (sulfide) groups is 1. The van der Waals surface area contributed by atoms with Crippen molar-refractivity contribution in [1.82, 2.24) is 9.97 Å². The van der Waals surface area contributed by atoms with Crippen molar-refractivity contribution in [2.45, 2.75) is 29.4 Å². The summed E-state index contributed by atoms with van der Waals surface area (Å²) in [6.07, 6.45) is 7.63. The van der Waals surface area contributed by atoms with Gasteiger partial charge < -0.3 is 11.1 Å². The number of hydrogen-bond donors (Lipinski definition) is 2. The number of nitrogens with one attached hydrogen (secondary N) is 1. The van der Waals surface area contributed by atoms with Crippen molar-refractivity contribution in [2.75, 3.05) is 11.1 Å². The van der Waals surface area contributed by atoms with Gasteiger partial charge in [0.25, 0.3) is 0 Å². The molecule has 2 heterocycles. The van der Waals surface area contributed by atoms with E-state index in [1.807, 2.05) is 36.0 Å². The largest absolute Gasteiger partial charge is 0.399 e. The molecular formula is C16H16N4S. The molecule has 0 fully saturated rings. The molecule has 0 amide bonds. The van der Waals surface area contributed by atoms with Crippen LogP contribution in [-0.4, -0.2) is 15.2 Å². The standard InChI is InChI=1S/C16H16N4S/c17-10-4-3-5-11(8-10)20-16-15-14(18-9-19-16)12-6-1-2-7-13(12)21-15/h3-6,8-9,13H,1-2,7,17H2,(H,18,19,20). The second kappa shape index (κ2) is 5.07. The van der Waals surface area contributed by atoms with Gasteiger partial charge in [0.15, 0.2) is 0 Å². The van der Waals surface area contributed by atoms with Crippen LogP contribution in [0.4, 0.5) is 17.2 Å². The highest BCUT2D eigenvalue weighted by molar-refractivity contribution is 8.01. The van der Waals surface area contributed by atoms with E-state index in [2.05, 4.69) is 21.4 Å². The summed E-state index contributed by atoms with van der Waals surface area (Å²) < 4.78 is 0. The van der Waals surface area contributed by atoms with Gasteiger partial charge in [-0.05, 0) is 43.0 Å². The van der Waals surface area contributed by atoms with E-state index in [1.165, 1.54) is 18.4 Å². The number of allylic oxidation sites excluding steroid dienone is 1. The van der Waals surface area contributed by atoms with Gasteiger partial charge in [-0.25, -0.2) is 9.97 Å². The SMILES string of the molecule is Nc1cccc(Nc2ncnc3c2SC2CCCC=C32)c1. The van der Waals surface area contributed by atoms with Gasteiger partial charge in [0.05, 0.1) is 10.6 Å². The van der Waals surface area contributed by atoms with Crippen molar-refractivity contribution < 1.29 is 0 Å². The van der Waals surface area contributed by atoms with E-state index in [9.17, 15) is 0 Å². The normalized spacial score (nSPS) is 19.6. The lowest BCUT2D eigenvalue weighted by Gasteiger charge is -2.14. The number of aromatic nitrogens is 2. The minimum Gasteiger partial charge on any atom is -0.399 e. The second-order valence-corrected chi connectivity index (χ2v) is 6.56. The molecule has 4 rings (SSSR count). The molecule has 1 aromatic carbocycles. The predicted octanol–water partition coefficient (Wildman–Crippen LogP) is 3.84. The van der Waals surface area contributed by atoms with Crippen LogP contribution in [0, 0.1) is 0 Å². The van der Waals surface area contributed by atoms with Gasteiger partial charge >= 0.3 is 0 Å². The van der Waals surface area contributed by atoms with Crippen LogP contribution < -0.4 is 11.1 Å². The van der Waals surface area contributed by atoms with Gasteiger partial charge in [0, 0.05) is 16.6 Å². The molecule has 2 aromatic rings. The molecule has 2 aliphatic rings. The van der Waals surface area contributed by atoms with E-state index in [0.717, 1.165) is 34.2 Å². The van der Waals surface area contributed by atoms with Crippen molar-refractivity contribution in [3.8, 4) is 0 Å². The molecule has 4 nitrogen and oxygen atoms in total. The summed E-state index contributed by atoms with van der Waals surface area (Å²) in [7, 11) is 0. The molecule has 106 valence electrons. The summed E-state index contributed by atoms with van der Waals surface area (Å²) in [6, 6.07) is 7.73. The van der Waals surface area contributed by atoms with E-state index in [4.69, 9.17) is 5.73 Å². The third kappa shape index (κ3) is 2.27. The lowest BCUT2D eigenvalue weighted by Crippen LogP contribution is -2.04. The van der Waals surface area contributed by atoms with Gasteiger partial charge in [-0.15, -0.1) is 11.8 Å². The van der Waals surface area contributed by atoms with Crippen molar-refractivity contribution in [1.29, 1.82) is 0 Å². The van der Waals surface area contributed by atoms with Crippen LogP contribution in [0.25, 0.3) is 5.57 Å². The zero-order valence-electron chi connectivity index (χ0n) is 11.5. The number of nitrogens with zero attached hydrogens (tertiary/aromatic N) is 2. The lowest BCUT2D eigenvalue weighted by atomic mass is 9.97. The fraction of sp³-hybridized carbons (Fsp3) is 0.250. The Morgan fingerprint density at radius 2 is 2.24 bits per heavy atom. The van der Waals surface area contributed by atoms with Crippen molar-refractivity contribution >= 4 is 34.5 Å². The maximum absolute atomic E-state index is 5.83. The van der Waals surface area contributed by atoms with E-state index in [0.29, 0.717) is 5.25 Å². The van der Waals surface area contributed by atoms with Crippen molar-refractivity contribution in [2.24, 2.45) is 0 Å². The number of anilines is 3. The number of fused-ring (bicyclic) bond motifs is 3. The molecule has 0 bridgehead atoms. The van der Waals surface area contributed by atoms with Gasteiger partial charge in [-0.1, -0.05) is 12.1 Å². The Labute approximate surface area is 127 Å². The molecule has 1 aliphatic heterocycles. The van der Waals surface area contributed by atoms with Gasteiger partial charge in [0.1, 0.15) is 12.1 Å². The second-order valence-electron chi connectivity index (χ2n) is 5.35. The number of hydrogen-bond acceptors (Lipinski definition) is 5. The molecule has 0 saturated heterocycles. The van der Waals surface area contributed by atoms with Crippen LogP contribution >= 0.6 is 11.8 Å². The maximum atomic E-state index is 5.83. The topological polar surface area (TPSA) is 63.8 Å². The van der Waals surface area contributed by atoms with Crippen LogP contribution in [0.5, 0.6) is 0 Å². The van der Waals surface area contributed by atoms with Crippen molar-refractivity contribution in [3.63, 3.8) is 0 Å². The zero-order chi connectivity index (χ0) is 14.2. The fourth-order valence-electron chi connectivity index (χ4n) is 2.89. The van der Waals surface area contributed by atoms with Gasteiger partial charge in [0.2, 0.25) is 0 Å². The van der Waals surface area contributed by atoms with Gasteiger partial charge in [-0.2, -0.15) is 0 Å².